The fourth-order valence-electron chi connectivity index (χ4n) is 1.93. The first-order chi connectivity index (χ1) is 8.89. The highest BCUT2D eigenvalue weighted by Gasteiger charge is 2.32. The van der Waals surface area contributed by atoms with Gasteiger partial charge in [0.25, 0.3) is 0 Å². The summed E-state index contributed by atoms with van der Waals surface area (Å²) >= 11 is 0. The van der Waals surface area contributed by atoms with Gasteiger partial charge in [0.2, 0.25) is 0 Å². The highest BCUT2D eigenvalue weighted by atomic mass is 32.2. The number of hydrogen-bond donors (Lipinski definition) is 1. The summed E-state index contributed by atoms with van der Waals surface area (Å²) in [6, 6.07) is 0.439. The Kier molecular flexibility index (Phi) is 3.70. The molecular weight excluding hydrogens is 273 g/mol. The molecule has 2 amide bonds. The van der Waals surface area contributed by atoms with E-state index in [0.717, 1.165) is 6.20 Å². The third kappa shape index (κ3) is 3.19. The van der Waals surface area contributed by atoms with Crippen LogP contribution in [0.4, 0.5) is 14.9 Å². The molecule has 0 aromatic carbocycles. The average molecular weight is 287 g/mol. The maximum absolute atomic E-state index is 13.3. The number of rotatable bonds is 2. The number of amides is 2. The SMILES string of the molecule is CN(C(=O)Nc1ccncc1F)C1CCS(=O)(=O)C1. The van der Waals surface area contributed by atoms with E-state index in [1.807, 2.05) is 0 Å². The summed E-state index contributed by atoms with van der Waals surface area (Å²) in [7, 11) is -1.56. The van der Waals surface area contributed by atoms with Crippen molar-refractivity contribution in [3.05, 3.63) is 24.3 Å². The molecule has 8 heteroatoms. The molecule has 1 fully saturated rings. The number of nitrogens with one attached hydrogen (secondary N) is 1. The third-order valence-corrected chi connectivity index (χ3v) is 4.84. The maximum Gasteiger partial charge on any atom is 0.321 e. The standard InChI is InChI=1S/C11H14FN3O3S/c1-15(8-3-5-19(17,18)7-8)11(16)14-10-2-4-13-6-9(10)12/h2,4,6,8H,3,5,7H2,1H3,(H,13,14,16). The fourth-order valence-corrected chi connectivity index (χ4v) is 3.70. The first kappa shape index (κ1) is 13.7. The molecule has 0 saturated carbocycles. The Balaban J connectivity index is 2.03. The number of halogens is 1. The number of urea groups is 1. The molecule has 1 N–H and O–H groups in total. The highest BCUT2D eigenvalue weighted by Crippen LogP contribution is 2.18. The van der Waals surface area contributed by atoms with Crippen LogP contribution < -0.4 is 5.32 Å². The summed E-state index contributed by atoms with van der Waals surface area (Å²) in [5, 5.41) is 2.39. The van der Waals surface area contributed by atoms with Crippen LogP contribution in [0.25, 0.3) is 0 Å². The van der Waals surface area contributed by atoms with E-state index in [1.165, 1.54) is 24.2 Å². The van der Waals surface area contributed by atoms with Gasteiger partial charge in [0.1, 0.15) is 0 Å². The Hall–Kier alpha value is -1.70. The minimum Gasteiger partial charge on any atom is -0.324 e. The van der Waals surface area contributed by atoms with Crippen LogP contribution in [0, 0.1) is 5.82 Å². The van der Waals surface area contributed by atoms with Gasteiger partial charge in [0, 0.05) is 19.3 Å². The predicted octanol–water partition coefficient (Wildman–Crippen LogP) is 0.871. The molecule has 1 atom stereocenters. The highest BCUT2D eigenvalue weighted by molar-refractivity contribution is 7.91. The van der Waals surface area contributed by atoms with Gasteiger partial charge >= 0.3 is 6.03 Å². The molecule has 19 heavy (non-hydrogen) atoms. The van der Waals surface area contributed by atoms with Crippen LogP contribution in [0.5, 0.6) is 0 Å². The Labute approximate surface area is 110 Å². The van der Waals surface area contributed by atoms with E-state index in [4.69, 9.17) is 0 Å². The lowest BCUT2D eigenvalue weighted by Gasteiger charge is -2.23. The molecule has 1 aliphatic heterocycles. The van der Waals surface area contributed by atoms with Gasteiger partial charge in [-0.15, -0.1) is 0 Å². The van der Waals surface area contributed by atoms with Gasteiger partial charge in [0.05, 0.1) is 23.4 Å². The number of carbonyl (C=O) groups excluding carboxylic acids is 1. The van der Waals surface area contributed by atoms with Crippen molar-refractivity contribution in [2.24, 2.45) is 0 Å². The van der Waals surface area contributed by atoms with Crippen molar-refractivity contribution in [2.45, 2.75) is 12.5 Å². The number of sulfone groups is 1. The molecule has 1 saturated heterocycles. The first-order valence-electron chi connectivity index (χ1n) is 5.73. The average Bonchev–Trinajstić information content (AvgIpc) is 2.71. The van der Waals surface area contributed by atoms with E-state index in [9.17, 15) is 17.6 Å². The number of anilines is 1. The van der Waals surface area contributed by atoms with Gasteiger partial charge in [0.15, 0.2) is 15.7 Å². The van der Waals surface area contributed by atoms with Gasteiger partial charge in [-0.3, -0.25) is 4.98 Å². The fraction of sp³-hybridized carbons (Fsp3) is 0.455. The van der Waals surface area contributed by atoms with Crippen LogP contribution in [0.1, 0.15) is 6.42 Å². The summed E-state index contributed by atoms with van der Waals surface area (Å²) in [4.78, 5) is 16.8. The molecule has 0 bridgehead atoms. The van der Waals surface area contributed by atoms with Gasteiger partial charge in [-0.05, 0) is 12.5 Å². The smallest absolute Gasteiger partial charge is 0.321 e. The van der Waals surface area contributed by atoms with Crippen molar-refractivity contribution in [2.75, 3.05) is 23.9 Å². The zero-order valence-electron chi connectivity index (χ0n) is 10.3. The lowest BCUT2D eigenvalue weighted by Crippen LogP contribution is -2.40. The molecule has 1 aromatic rings. The molecule has 0 aliphatic carbocycles. The van der Waals surface area contributed by atoms with Crippen molar-refractivity contribution in [3.8, 4) is 0 Å². The molecule has 104 valence electrons. The number of hydrogen-bond acceptors (Lipinski definition) is 4. The number of pyridine rings is 1. The van der Waals surface area contributed by atoms with E-state index >= 15 is 0 Å². The van der Waals surface area contributed by atoms with Gasteiger partial charge < -0.3 is 10.2 Å². The molecule has 0 radical (unpaired) electrons. The largest absolute Gasteiger partial charge is 0.324 e. The maximum atomic E-state index is 13.3. The molecule has 1 aliphatic rings. The number of nitrogens with zero attached hydrogens (tertiary/aromatic N) is 2. The third-order valence-electron chi connectivity index (χ3n) is 3.09. The number of carbonyl (C=O) groups is 1. The Morgan fingerprint density at radius 1 is 1.58 bits per heavy atom. The van der Waals surface area contributed by atoms with E-state index in [2.05, 4.69) is 10.3 Å². The molecule has 2 rings (SSSR count). The second-order valence-corrected chi connectivity index (χ2v) is 6.68. The van der Waals surface area contributed by atoms with E-state index in [1.54, 1.807) is 0 Å². The van der Waals surface area contributed by atoms with Crippen LogP contribution >= 0.6 is 0 Å². The van der Waals surface area contributed by atoms with Crippen molar-refractivity contribution >= 4 is 21.6 Å². The van der Waals surface area contributed by atoms with Gasteiger partial charge in [-0.25, -0.2) is 17.6 Å². The monoisotopic (exact) mass is 287 g/mol. The summed E-state index contributed by atoms with van der Waals surface area (Å²) < 4.78 is 36.0. The Morgan fingerprint density at radius 2 is 2.32 bits per heavy atom. The lowest BCUT2D eigenvalue weighted by atomic mass is 10.2. The molecule has 1 unspecified atom stereocenters. The van der Waals surface area contributed by atoms with Crippen LogP contribution in [0.15, 0.2) is 18.5 Å². The van der Waals surface area contributed by atoms with Crippen molar-refractivity contribution in [3.63, 3.8) is 0 Å². The Bertz CT molecular complexity index is 591. The molecule has 1 aromatic heterocycles. The minimum absolute atomic E-state index is 0.0210. The van der Waals surface area contributed by atoms with Gasteiger partial charge in [-0.2, -0.15) is 0 Å². The second kappa shape index (κ2) is 5.12. The molecule has 6 nitrogen and oxygen atoms in total. The normalized spacial score (nSPS) is 21.1. The van der Waals surface area contributed by atoms with Crippen molar-refractivity contribution < 1.29 is 17.6 Å². The molecule has 0 spiro atoms. The van der Waals surface area contributed by atoms with Crippen LogP contribution in [0.2, 0.25) is 0 Å². The summed E-state index contributed by atoms with van der Waals surface area (Å²) in [6.07, 6.45) is 2.76. The van der Waals surface area contributed by atoms with Crippen LogP contribution in [-0.4, -0.2) is 48.9 Å². The topological polar surface area (TPSA) is 79.4 Å². The van der Waals surface area contributed by atoms with Crippen LogP contribution in [0.3, 0.4) is 0 Å². The molecular formula is C11H14FN3O3S. The second-order valence-electron chi connectivity index (χ2n) is 4.45. The zero-order valence-corrected chi connectivity index (χ0v) is 11.2. The summed E-state index contributed by atoms with van der Waals surface area (Å²) in [6.45, 7) is 0. The van der Waals surface area contributed by atoms with E-state index < -0.39 is 21.7 Å². The first-order valence-corrected chi connectivity index (χ1v) is 7.55. The molecule has 2 heterocycles. The number of aromatic nitrogens is 1. The minimum atomic E-state index is -3.06. The summed E-state index contributed by atoms with van der Waals surface area (Å²) in [5.74, 6) is -0.599. The Morgan fingerprint density at radius 3 is 2.89 bits per heavy atom. The predicted molar refractivity (Wildman–Crippen MR) is 68.0 cm³/mol. The zero-order chi connectivity index (χ0) is 14.0. The van der Waals surface area contributed by atoms with Crippen molar-refractivity contribution in [1.29, 1.82) is 0 Å². The van der Waals surface area contributed by atoms with E-state index in [-0.39, 0.29) is 23.2 Å². The lowest BCUT2D eigenvalue weighted by molar-refractivity contribution is 0.209. The van der Waals surface area contributed by atoms with Crippen LogP contribution in [-0.2, 0) is 9.84 Å². The van der Waals surface area contributed by atoms with Crippen molar-refractivity contribution in [1.82, 2.24) is 9.88 Å². The van der Waals surface area contributed by atoms with E-state index in [0.29, 0.717) is 6.42 Å². The van der Waals surface area contributed by atoms with Gasteiger partial charge in [-0.1, -0.05) is 0 Å². The quantitative estimate of drug-likeness (QED) is 0.875. The summed E-state index contributed by atoms with van der Waals surface area (Å²) in [5.41, 5.74) is 0.0210.